The van der Waals surface area contributed by atoms with Crippen molar-refractivity contribution in [3.63, 3.8) is 0 Å². The fraction of sp³-hybridized carbons (Fsp3) is 0.417. The van der Waals surface area contributed by atoms with Gasteiger partial charge in [0.25, 0.3) is 0 Å². The normalized spacial score (nSPS) is 15.6. The summed E-state index contributed by atoms with van der Waals surface area (Å²) < 4.78 is 0. The fourth-order valence-corrected chi connectivity index (χ4v) is 3.92. The molecule has 1 aliphatic heterocycles. The smallest absolute Gasteiger partial charge is 0.246 e. The van der Waals surface area contributed by atoms with E-state index in [1.165, 1.54) is 6.42 Å². The number of nitrogens with zero attached hydrogens (tertiary/aromatic N) is 2. The molecule has 1 fully saturated rings. The number of likely N-dealkylation sites (N-methyl/N-ethyl adjacent to an activating group) is 1. The number of nitrogens with one attached hydrogen (secondary N) is 2. The molecule has 1 atom stereocenters. The third-order valence-electron chi connectivity index (χ3n) is 5.50. The number of anilines is 2. The highest BCUT2D eigenvalue weighted by Gasteiger charge is 2.24. The maximum absolute atomic E-state index is 13.0. The number of hydrogen-bond acceptors (Lipinski definition) is 4. The first-order valence-electron chi connectivity index (χ1n) is 10.6. The van der Waals surface area contributed by atoms with E-state index in [9.17, 15) is 9.59 Å². The summed E-state index contributed by atoms with van der Waals surface area (Å²) in [4.78, 5) is 29.3. The third-order valence-corrected chi connectivity index (χ3v) is 5.50. The van der Waals surface area contributed by atoms with Crippen LogP contribution in [0.1, 0.15) is 36.4 Å². The van der Waals surface area contributed by atoms with Gasteiger partial charge in [-0.15, -0.1) is 0 Å². The Balaban J connectivity index is 1.59. The van der Waals surface area contributed by atoms with E-state index in [-0.39, 0.29) is 17.9 Å². The van der Waals surface area contributed by atoms with E-state index >= 15 is 0 Å². The largest absolute Gasteiger partial charge is 0.325 e. The van der Waals surface area contributed by atoms with Crippen molar-refractivity contribution < 1.29 is 9.59 Å². The molecule has 6 heteroatoms. The maximum atomic E-state index is 13.0. The topological polar surface area (TPSA) is 64.7 Å². The summed E-state index contributed by atoms with van der Waals surface area (Å²) in [7, 11) is 3.80. The van der Waals surface area contributed by atoms with Crippen molar-refractivity contribution in [3.8, 4) is 0 Å². The van der Waals surface area contributed by atoms with Gasteiger partial charge in [-0.1, -0.05) is 30.7 Å². The van der Waals surface area contributed by atoms with Gasteiger partial charge in [-0.2, -0.15) is 0 Å². The quantitative estimate of drug-likeness (QED) is 0.734. The molecule has 2 aromatic carbocycles. The van der Waals surface area contributed by atoms with Crippen LogP contribution in [0.15, 0.2) is 48.5 Å². The molecule has 0 saturated carbocycles. The lowest BCUT2D eigenvalue weighted by Gasteiger charge is -2.25. The van der Waals surface area contributed by atoms with Crippen molar-refractivity contribution in [1.82, 2.24) is 9.80 Å². The van der Waals surface area contributed by atoms with E-state index in [1.807, 2.05) is 74.4 Å². The van der Waals surface area contributed by atoms with Gasteiger partial charge >= 0.3 is 0 Å². The van der Waals surface area contributed by atoms with Crippen LogP contribution in [0, 0.1) is 6.92 Å². The summed E-state index contributed by atoms with van der Waals surface area (Å²) in [5, 5.41) is 5.94. The minimum absolute atomic E-state index is 0.000843. The van der Waals surface area contributed by atoms with Crippen LogP contribution < -0.4 is 10.6 Å². The highest BCUT2D eigenvalue weighted by molar-refractivity contribution is 5.96. The highest BCUT2D eigenvalue weighted by atomic mass is 16.2. The molecule has 160 valence electrons. The molecule has 1 aliphatic rings. The van der Waals surface area contributed by atoms with Crippen LogP contribution >= 0.6 is 0 Å². The Bertz CT molecular complexity index is 858. The van der Waals surface area contributed by atoms with Crippen LogP contribution in [0.3, 0.4) is 0 Å². The lowest BCUT2D eigenvalue weighted by atomic mass is 10.00. The molecule has 0 spiro atoms. The number of carbonyl (C=O) groups excluding carboxylic acids is 2. The SMILES string of the molecule is Cc1ccccc1C(C(=O)Nc1ccc(NC(=O)CN2CCCCC2)cc1)N(C)C. The third kappa shape index (κ3) is 5.90. The number of piperidine rings is 1. The fourth-order valence-electron chi connectivity index (χ4n) is 3.92. The first-order valence-corrected chi connectivity index (χ1v) is 10.6. The Morgan fingerprint density at radius 1 is 0.933 bits per heavy atom. The van der Waals surface area contributed by atoms with Gasteiger partial charge in [0, 0.05) is 11.4 Å². The molecule has 0 radical (unpaired) electrons. The van der Waals surface area contributed by atoms with Gasteiger partial charge in [0.1, 0.15) is 6.04 Å². The molecule has 6 nitrogen and oxygen atoms in total. The second kappa shape index (κ2) is 10.4. The van der Waals surface area contributed by atoms with E-state index in [1.54, 1.807) is 0 Å². The molecule has 0 aromatic heterocycles. The molecular weight excluding hydrogens is 376 g/mol. The second-order valence-corrected chi connectivity index (χ2v) is 8.17. The van der Waals surface area contributed by atoms with Crippen LogP contribution in [0.5, 0.6) is 0 Å². The minimum Gasteiger partial charge on any atom is -0.325 e. The predicted octanol–water partition coefficient (Wildman–Crippen LogP) is 3.66. The first-order chi connectivity index (χ1) is 14.4. The number of hydrogen-bond donors (Lipinski definition) is 2. The molecular formula is C24H32N4O2. The van der Waals surface area contributed by atoms with Crippen LogP contribution in [0.2, 0.25) is 0 Å². The van der Waals surface area contributed by atoms with Crippen LogP contribution in [0.25, 0.3) is 0 Å². The second-order valence-electron chi connectivity index (χ2n) is 8.17. The van der Waals surface area contributed by atoms with Crippen molar-refractivity contribution in [2.45, 2.75) is 32.2 Å². The van der Waals surface area contributed by atoms with Gasteiger partial charge in [0.2, 0.25) is 11.8 Å². The lowest BCUT2D eigenvalue weighted by Crippen LogP contribution is -2.36. The molecule has 1 unspecified atom stereocenters. The zero-order valence-electron chi connectivity index (χ0n) is 18.1. The Labute approximate surface area is 179 Å². The Hall–Kier alpha value is -2.70. The van der Waals surface area contributed by atoms with Gasteiger partial charge in [0.15, 0.2) is 0 Å². The molecule has 3 rings (SSSR count). The number of likely N-dealkylation sites (tertiary alicyclic amines) is 1. The van der Waals surface area contributed by atoms with Crippen LogP contribution in [0.4, 0.5) is 11.4 Å². The standard InChI is InChI=1S/C24H32N4O2/c1-18-9-5-6-10-21(18)23(27(2)3)24(30)26-20-13-11-19(12-14-20)25-22(29)17-28-15-7-4-8-16-28/h5-6,9-14,23H,4,7-8,15-17H2,1-3H3,(H,25,29)(H,26,30). The van der Waals surface area contributed by atoms with Gasteiger partial charge in [-0.05, 0) is 82.3 Å². The Morgan fingerprint density at radius 3 is 2.13 bits per heavy atom. The van der Waals surface area contributed by atoms with Crippen molar-refractivity contribution >= 4 is 23.2 Å². The Morgan fingerprint density at radius 2 is 1.53 bits per heavy atom. The zero-order chi connectivity index (χ0) is 21.5. The Kier molecular flexibility index (Phi) is 7.60. The zero-order valence-corrected chi connectivity index (χ0v) is 18.1. The number of benzene rings is 2. The predicted molar refractivity (Wildman–Crippen MR) is 122 cm³/mol. The van der Waals surface area contributed by atoms with Gasteiger partial charge in [0.05, 0.1) is 6.54 Å². The average Bonchev–Trinajstić information content (AvgIpc) is 2.71. The lowest BCUT2D eigenvalue weighted by molar-refractivity contribution is -0.120. The molecule has 30 heavy (non-hydrogen) atoms. The van der Waals surface area contributed by atoms with E-state index in [0.29, 0.717) is 12.2 Å². The molecule has 2 aromatic rings. The first kappa shape index (κ1) is 22.0. The summed E-state index contributed by atoms with van der Waals surface area (Å²) >= 11 is 0. The van der Waals surface area contributed by atoms with E-state index in [0.717, 1.165) is 42.7 Å². The van der Waals surface area contributed by atoms with E-state index in [2.05, 4.69) is 15.5 Å². The van der Waals surface area contributed by atoms with Gasteiger partial charge in [-0.25, -0.2) is 0 Å². The molecule has 2 amide bonds. The molecule has 1 saturated heterocycles. The van der Waals surface area contributed by atoms with Crippen molar-refractivity contribution in [1.29, 1.82) is 0 Å². The summed E-state index contributed by atoms with van der Waals surface area (Å²) in [6.45, 7) is 4.43. The van der Waals surface area contributed by atoms with Crippen LogP contribution in [-0.4, -0.2) is 55.3 Å². The number of aryl methyl sites for hydroxylation is 1. The summed E-state index contributed by atoms with van der Waals surface area (Å²) in [6.07, 6.45) is 3.58. The molecule has 2 N–H and O–H groups in total. The maximum Gasteiger partial charge on any atom is 0.246 e. The van der Waals surface area contributed by atoms with E-state index < -0.39 is 0 Å². The number of carbonyl (C=O) groups is 2. The van der Waals surface area contributed by atoms with Crippen molar-refractivity contribution in [3.05, 3.63) is 59.7 Å². The summed E-state index contributed by atoms with van der Waals surface area (Å²) in [5.41, 5.74) is 3.51. The van der Waals surface area contributed by atoms with Gasteiger partial charge < -0.3 is 10.6 Å². The van der Waals surface area contributed by atoms with Crippen molar-refractivity contribution in [2.24, 2.45) is 0 Å². The molecule has 0 bridgehead atoms. The summed E-state index contributed by atoms with van der Waals surface area (Å²) in [6, 6.07) is 14.8. The van der Waals surface area contributed by atoms with Crippen molar-refractivity contribution in [2.75, 3.05) is 44.4 Å². The summed E-state index contributed by atoms with van der Waals surface area (Å²) in [5.74, 6) is -0.0860. The number of rotatable bonds is 7. The number of amides is 2. The monoisotopic (exact) mass is 408 g/mol. The van der Waals surface area contributed by atoms with Gasteiger partial charge in [-0.3, -0.25) is 19.4 Å². The molecule has 0 aliphatic carbocycles. The van der Waals surface area contributed by atoms with Crippen LogP contribution in [-0.2, 0) is 9.59 Å². The highest BCUT2D eigenvalue weighted by Crippen LogP contribution is 2.24. The van der Waals surface area contributed by atoms with E-state index in [4.69, 9.17) is 0 Å². The minimum atomic E-state index is -0.380. The average molecular weight is 409 g/mol. The molecule has 1 heterocycles.